The van der Waals surface area contributed by atoms with Crippen molar-refractivity contribution in [1.29, 1.82) is 0 Å². The summed E-state index contributed by atoms with van der Waals surface area (Å²) in [6.45, 7) is 4.51. The lowest BCUT2D eigenvalue weighted by molar-refractivity contribution is -0.141. The molecular formula is C12H14ClF3N4O. The van der Waals surface area contributed by atoms with Gasteiger partial charge in [-0.1, -0.05) is 0 Å². The molecule has 2 rings (SSSR count). The van der Waals surface area contributed by atoms with Crippen molar-refractivity contribution >= 4 is 22.8 Å². The van der Waals surface area contributed by atoms with E-state index in [1.165, 1.54) is 4.90 Å². The van der Waals surface area contributed by atoms with Crippen molar-refractivity contribution < 1.29 is 18.0 Å². The zero-order valence-corrected chi connectivity index (χ0v) is 12.2. The monoisotopic (exact) mass is 322 g/mol. The fourth-order valence-corrected chi connectivity index (χ4v) is 2.82. The van der Waals surface area contributed by atoms with E-state index >= 15 is 0 Å². The number of carbonyl (C=O) groups is 1. The topological polar surface area (TPSA) is 49.3 Å². The number of amides is 1. The third-order valence-electron chi connectivity index (χ3n) is 3.37. The number of piperazine rings is 1. The van der Waals surface area contributed by atoms with Crippen molar-refractivity contribution in [3.8, 4) is 0 Å². The van der Waals surface area contributed by atoms with Crippen molar-refractivity contribution in [2.75, 3.05) is 18.0 Å². The van der Waals surface area contributed by atoms with Crippen molar-refractivity contribution in [3.05, 3.63) is 18.1 Å². The molecule has 1 aromatic heterocycles. The van der Waals surface area contributed by atoms with E-state index in [9.17, 15) is 18.0 Å². The van der Waals surface area contributed by atoms with Gasteiger partial charge in [0.15, 0.2) is 5.69 Å². The van der Waals surface area contributed by atoms with E-state index in [-0.39, 0.29) is 12.1 Å². The summed E-state index contributed by atoms with van der Waals surface area (Å²) in [5, 5.41) is -0.534. The maximum Gasteiger partial charge on any atom is 0.434 e. The first kappa shape index (κ1) is 15.8. The molecule has 0 aliphatic carbocycles. The van der Waals surface area contributed by atoms with E-state index in [4.69, 9.17) is 11.6 Å². The molecule has 2 unspecified atom stereocenters. The summed E-state index contributed by atoms with van der Waals surface area (Å²) < 4.78 is 37.4. The summed E-state index contributed by atoms with van der Waals surface area (Å²) in [6.07, 6.45) is -2.69. The van der Waals surface area contributed by atoms with Crippen LogP contribution in [0.5, 0.6) is 0 Å². The molecule has 0 N–H and O–H groups in total. The minimum absolute atomic E-state index is 0.164. The molecule has 0 aromatic carbocycles. The molecule has 5 nitrogen and oxygen atoms in total. The second kappa shape index (κ2) is 5.67. The van der Waals surface area contributed by atoms with E-state index in [0.29, 0.717) is 25.1 Å². The van der Waals surface area contributed by atoms with Crippen LogP contribution in [0.1, 0.15) is 19.5 Å². The predicted molar refractivity (Wildman–Crippen MR) is 71.3 cm³/mol. The third kappa shape index (κ3) is 3.37. The van der Waals surface area contributed by atoms with Gasteiger partial charge in [0, 0.05) is 25.2 Å². The zero-order chi connectivity index (χ0) is 15.8. The Morgan fingerprint density at radius 2 is 1.81 bits per heavy atom. The van der Waals surface area contributed by atoms with Gasteiger partial charge in [-0.15, -0.1) is 0 Å². The Morgan fingerprint density at radius 3 is 2.19 bits per heavy atom. The SMILES string of the molecule is CC1CN(c2cnc(C(F)(F)F)cn2)CC(C)N1C(=O)Cl. The molecular weight excluding hydrogens is 309 g/mol. The molecule has 1 amide bonds. The van der Waals surface area contributed by atoms with Gasteiger partial charge in [-0.25, -0.2) is 9.97 Å². The Bertz CT molecular complexity index is 510. The molecule has 0 radical (unpaired) electrons. The molecule has 2 atom stereocenters. The van der Waals surface area contributed by atoms with Gasteiger partial charge in [-0.3, -0.25) is 4.79 Å². The number of alkyl halides is 3. The number of anilines is 1. The molecule has 116 valence electrons. The Kier molecular flexibility index (Phi) is 4.27. The first-order chi connectivity index (χ1) is 9.70. The molecule has 1 fully saturated rings. The molecule has 2 heterocycles. The Balaban J connectivity index is 2.15. The number of hydrogen-bond acceptors (Lipinski definition) is 4. The molecule has 0 saturated carbocycles. The highest BCUT2D eigenvalue weighted by atomic mass is 35.5. The maximum atomic E-state index is 12.5. The molecule has 0 bridgehead atoms. The highest BCUT2D eigenvalue weighted by Gasteiger charge is 2.35. The van der Waals surface area contributed by atoms with Crippen molar-refractivity contribution in [2.45, 2.75) is 32.1 Å². The Labute approximate surface area is 124 Å². The molecule has 9 heteroatoms. The van der Waals surface area contributed by atoms with E-state index in [0.717, 1.165) is 6.20 Å². The Hall–Kier alpha value is -1.57. The van der Waals surface area contributed by atoms with E-state index in [1.807, 2.05) is 13.8 Å². The highest BCUT2D eigenvalue weighted by Crippen LogP contribution is 2.28. The number of halogens is 4. The van der Waals surface area contributed by atoms with Crippen molar-refractivity contribution in [3.63, 3.8) is 0 Å². The quantitative estimate of drug-likeness (QED) is 0.589. The van der Waals surface area contributed by atoms with Gasteiger partial charge in [-0.05, 0) is 25.4 Å². The highest BCUT2D eigenvalue weighted by molar-refractivity contribution is 6.62. The molecule has 1 aromatic rings. The van der Waals surface area contributed by atoms with Crippen LogP contribution in [-0.4, -0.2) is 45.4 Å². The number of aromatic nitrogens is 2. The summed E-state index contributed by atoms with van der Waals surface area (Å²) in [4.78, 5) is 21.9. The van der Waals surface area contributed by atoms with Crippen LogP contribution in [0, 0.1) is 0 Å². The van der Waals surface area contributed by atoms with E-state index in [1.54, 1.807) is 4.90 Å². The zero-order valence-electron chi connectivity index (χ0n) is 11.4. The average molecular weight is 323 g/mol. The summed E-state index contributed by atoms with van der Waals surface area (Å²) in [5.74, 6) is 0.350. The predicted octanol–water partition coefficient (Wildman–Crippen LogP) is 2.75. The van der Waals surface area contributed by atoms with Gasteiger partial charge < -0.3 is 9.80 Å². The second-order valence-corrected chi connectivity index (χ2v) is 5.34. The van der Waals surface area contributed by atoms with Crippen LogP contribution in [-0.2, 0) is 6.18 Å². The van der Waals surface area contributed by atoms with Crippen LogP contribution < -0.4 is 4.90 Å². The first-order valence-electron chi connectivity index (χ1n) is 6.32. The van der Waals surface area contributed by atoms with Gasteiger partial charge in [0.05, 0.1) is 12.4 Å². The Morgan fingerprint density at radius 1 is 1.24 bits per heavy atom. The fraction of sp³-hybridized carbons (Fsp3) is 0.583. The van der Waals surface area contributed by atoms with E-state index in [2.05, 4.69) is 9.97 Å². The maximum absolute atomic E-state index is 12.5. The lowest BCUT2D eigenvalue weighted by Gasteiger charge is -2.43. The molecule has 0 spiro atoms. The lowest BCUT2D eigenvalue weighted by Crippen LogP contribution is -2.57. The summed E-state index contributed by atoms with van der Waals surface area (Å²) in [7, 11) is 0. The second-order valence-electron chi connectivity index (χ2n) is 5.02. The minimum Gasteiger partial charge on any atom is -0.351 e. The number of hydrogen-bond donors (Lipinski definition) is 0. The normalized spacial score (nSPS) is 23.3. The lowest BCUT2D eigenvalue weighted by atomic mass is 10.1. The van der Waals surface area contributed by atoms with Crippen molar-refractivity contribution in [2.24, 2.45) is 0 Å². The standard InChI is InChI=1S/C12H14ClF3N4O/c1-7-5-19(6-8(2)20(7)11(13)21)10-4-17-9(3-18-10)12(14,15)16/h3-4,7-8H,5-6H2,1-2H3. The third-order valence-corrected chi connectivity index (χ3v) is 3.57. The number of nitrogens with zero attached hydrogens (tertiary/aromatic N) is 4. The van der Waals surface area contributed by atoms with Gasteiger partial charge in [0.1, 0.15) is 5.82 Å². The van der Waals surface area contributed by atoms with Gasteiger partial charge in [0.2, 0.25) is 0 Å². The van der Waals surface area contributed by atoms with Crippen LogP contribution in [0.2, 0.25) is 0 Å². The smallest absolute Gasteiger partial charge is 0.351 e. The largest absolute Gasteiger partial charge is 0.434 e. The molecule has 1 saturated heterocycles. The van der Waals surface area contributed by atoms with Crippen LogP contribution in [0.4, 0.5) is 23.8 Å². The van der Waals surface area contributed by atoms with E-state index < -0.39 is 17.2 Å². The molecule has 21 heavy (non-hydrogen) atoms. The molecule has 1 aliphatic rings. The summed E-state index contributed by atoms with van der Waals surface area (Å²) >= 11 is 5.53. The summed E-state index contributed by atoms with van der Waals surface area (Å²) in [6, 6.07) is -0.328. The number of carbonyl (C=O) groups excluding carboxylic acids is 1. The first-order valence-corrected chi connectivity index (χ1v) is 6.70. The van der Waals surface area contributed by atoms with Crippen LogP contribution in [0.25, 0.3) is 0 Å². The van der Waals surface area contributed by atoms with Gasteiger partial charge in [0.25, 0.3) is 0 Å². The average Bonchev–Trinajstić information content (AvgIpc) is 2.36. The summed E-state index contributed by atoms with van der Waals surface area (Å²) in [5.41, 5.74) is -1.03. The molecule has 1 aliphatic heterocycles. The van der Waals surface area contributed by atoms with Crippen LogP contribution >= 0.6 is 11.6 Å². The fourth-order valence-electron chi connectivity index (χ4n) is 2.49. The van der Waals surface area contributed by atoms with Crippen LogP contribution in [0.15, 0.2) is 12.4 Å². The van der Waals surface area contributed by atoms with Gasteiger partial charge >= 0.3 is 11.5 Å². The number of rotatable bonds is 1. The minimum atomic E-state index is -4.50. The van der Waals surface area contributed by atoms with Gasteiger partial charge in [-0.2, -0.15) is 13.2 Å². The van der Waals surface area contributed by atoms with Crippen LogP contribution in [0.3, 0.4) is 0 Å². The van der Waals surface area contributed by atoms with Crippen molar-refractivity contribution in [1.82, 2.24) is 14.9 Å².